The number of halogens is 1. The van der Waals surface area contributed by atoms with Crippen LogP contribution in [0.3, 0.4) is 0 Å². The number of pyridine rings is 1. The van der Waals surface area contributed by atoms with Gasteiger partial charge in [0.15, 0.2) is 5.65 Å². The summed E-state index contributed by atoms with van der Waals surface area (Å²) in [6.07, 6.45) is 1.75. The highest BCUT2D eigenvalue weighted by Crippen LogP contribution is 2.34. The molecular weight excluding hydrogens is 374 g/mol. The normalized spacial score (nSPS) is 11.1. The summed E-state index contributed by atoms with van der Waals surface area (Å²) in [4.78, 5) is 4.48. The van der Waals surface area contributed by atoms with Gasteiger partial charge in [0.1, 0.15) is 18.2 Å². The molecular formula is C17H18BrN3O3. The summed E-state index contributed by atoms with van der Waals surface area (Å²) in [6, 6.07) is 9.80. The second-order valence-electron chi connectivity index (χ2n) is 5.10. The zero-order chi connectivity index (χ0) is 16.9. The van der Waals surface area contributed by atoms with Gasteiger partial charge in [0, 0.05) is 28.7 Å². The Kier molecular flexibility index (Phi) is 5.44. The van der Waals surface area contributed by atoms with E-state index in [4.69, 9.17) is 19.3 Å². The molecule has 0 N–H and O–H groups in total. The molecule has 0 aliphatic carbocycles. The molecule has 3 aromatic rings. The monoisotopic (exact) mass is 391 g/mol. The molecule has 0 amide bonds. The largest absolute Gasteiger partial charge is 0.496 e. The van der Waals surface area contributed by atoms with Gasteiger partial charge in [-0.05, 0) is 34.1 Å². The molecule has 6 nitrogen and oxygen atoms in total. The van der Waals surface area contributed by atoms with Crippen LogP contribution in [-0.4, -0.2) is 42.2 Å². The first-order valence-electron chi connectivity index (χ1n) is 7.46. The molecule has 0 bridgehead atoms. The first kappa shape index (κ1) is 16.9. The quantitative estimate of drug-likeness (QED) is 0.577. The molecule has 0 fully saturated rings. The molecule has 0 spiro atoms. The van der Waals surface area contributed by atoms with E-state index in [0.29, 0.717) is 19.9 Å². The molecule has 2 heterocycles. The van der Waals surface area contributed by atoms with E-state index >= 15 is 0 Å². The Morgan fingerprint density at radius 2 is 2.00 bits per heavy atom. The molecule has 1 aromatic carbocycles. The number of nitrogens with zero attached hydrogens (tertiary/aromatic N) is 3. The highest BCUT2D eigenvalue weighted by atomic mass is 79.9. The lowest BCUT2D eigenvalue weighted by Gasteiger charge is -2.06. The summed E-state index contributed by atoms with van der Waals surface area (Å²) < 4.78 is 18.7. The van der Waals surface area contributed by atoms with Gasteiger partial charge < -0.3 is 14.2 Å². The second kappa shape index (κ2) is 7.74. The third-order valence-corrected chi connectivity index (χ3v) is 3.99. The second-order valence-corrected chi connectivity index (χ2v) is 6.02. The number of hydrogen-bond donors (Lipinski definition) is 0. The molecule has 0 saturated carbocycles. The average molecular weight is 392 g/mol. The molecule has 0 atom stereocenters. The molecule has 0 radical (unpaired) electrons. The fourth-order valence-corrected chi connectivity index (χ4v) is 2.79. The number of aromatic nitrogens is 3. The van der Waals surface area contributed by atoms with Crippen molar-refractivity contribution >= 4 is 27.0 Å². The molecule has 24 heavy (non-hydrogen) atoms. The summed E-state index contributed by atoms with van der Waals surface area (Å²) in [7, 11) is 3.30. The third-order valence-electron chi connectivity index (χ3n) is 3.56. The Morgan fingerprint density at radius 1 is 1.17 bits per heavy atom. The maximum atomic E-state index is 5.60. The summed E-state index contributed by atoms with van der Waals surface area (Å²) >= 11 is 3.48. The average Bonchev–Trinajstić information content (AvgIpc) is 2.96. The smallest absolute Gasteiger partial charge is 0.160 e. The van der Waals surface area contributed by atoms with Gasteiger partial charge in [-0.3, -0.25) is 0 Å². The van der Waals surface area contributed by atoms with E-state index in [2.05, 4.69) is 20.9 Å². The van der Waals surface area contributed by atoms with Gasteiger partial charge in [-0.25, -0.2) is 9.67 Å². The van der Waals surface area contributed by atoms with Crippen LogP contribution in [0.25, 0.3) is 22.3 Å². The van der Waals surface area contributed by atoms with Gasteiger partial charge in [-0.15, -0.1) is 0 Å². The maximum Gasteiger partial charge on any atom is 0.160 e. The molecule has 0 saturated heterocycles. The van der Waals surface area contributed by atoms with E-state index < -0.39 is 0 Å². The summed E-state index contributed by atoms with van der Waals surface area (Å²) in [5.41, 5.74) is 2.49. The van der Waals surface area contributed by atoms with Crippen molar-refractivity contribution in [3.63, 3.8) is 0 Å². The van der Waals surface area contributed by atoms with Crippen molar-refractivity contribution in [2.24, 2.45) is 0 Å². The first-order chi connectivity index (χ1) is 11.7. The predicted octanol–water partition coefficient (Wildman–Crippen LogP) is 3.49. The Bertz CT molecular complexity index is 835. The first-order valence-corrected chi connectivity index (χ1v) is 8.26. The van der Waals surface area contributed by atoms with Crippen molar-refractivity contribution in [1.29, 1.82) is 0 Å². The highest BCUT2D eigenvalue weighted by molar-refractivity contribution is 9.10. The van der Waals surface area contributed by atoms with Crippen molar-refractivity contribution < 1.29 is 14.2 Å². The summed E-state index contributed by atoms with van der Waals surface area (Å²) in [6.45, 7) is 1.35. The summed E-state index contributed by atoms with van der Waals surface area (Å²) in [5, 5.41) is 5.63. The van der Waals surface area contributed by atoms with E-state index in [1.807, 2.05) is 30.3 Å². The van der Waals surface area contributed by atoms with Crippen LogP contribution >= 0.6 is 15.9 Å². The number of benzene rings is 1. The molecule has 7 heteroatoms. The minimum atomic E-state index is 0.309. The van der Waals surface area contributed by atoms with Crippen LogP contribution in [0.2, 0.25) is 0 Å². The van der Waals surface area contributed by atoms with Gasteiger partial charge in [0.2, 0.25) is 0 Å². The van der Waals surface area contributed by atoms with Crippen molar-refractivity contribution in [3.8, 4) is 17.0 Å². The number of fused-ring (bicyclic) bond motifs is 1. The fourth-order valence-electron chi connectivity index (χ4n) is 2.46. The SMILES string of the molecule is COCCOCn1nc(-c2ccccc2OC)c2cc(Br)cnc21. The number of para-hydroxylation sites is 1. The van der Waals surface area contributed by atoms with Crippen LogP contribution in [0, 0.1) is 0 Å². The van der Waals surface area contributed by atoms with Crippen LogP contribution in [0.15, 0.2) is 41.0 Å². The molecule has 0 aliphatic heterocycles. The van der Waals surface area contributed by atoms with E-state index in [-0.39, 0.29) is 0 Å². The Labute approximate surface area is 148 Å². The van der Waals surface area contributed by atoms with E-state index in [0.717, 1.165) is 32.5 Å². The zero-order valence-corrected chi connectivity index (χ0v) is 15.1. The van der Waals surface area contributed by atoms with Gasteiger partial charge >= 0.3 is 0 Å². The maximum absolute atomic E-state index is 5.60. The molecule has 3 rings (SSSR count). The predicted molar refractivity (Wildman–Crippen MR) is 95.0 cm³/mol. The fraction of sp³-hybridized carbons (Fsp3) is 0.294. The minimum Gasteiger partial charge on any atom is -0.496 e. The van der Waals surface area contributed by atoms with E-state index in [1.165, 1.54) is 0 Å². The van der Waals surface area contributed by atoms with Crippen LogP contribution in [-0.2, 0) is 16.2 Å². The highest BCUT2D eigenvalue weighted by Gasteiger charge is 2.17. The lowest BCUT2D eigenvalue weighted by Crippen LogP contribution is -2.08. The molecule has 2 aromatic heterocycles. The number of methoxy groups -OCH3 is 2. The van der Waals surface area contributed by atoms with E-state index in [9.17, 15) is 0 Å². The number of ether oxygens (including phenoxy) is 3. The lowest BCUT2D eigenvalue weighted by atomic mass is 10.1. The zero-order valence-electron chi connectivity index (χ0n) is 13.5. The molecule has 126 valence electrons. The van der Waals surface area contributed by atoms with Gasteiger partial charge in [0.25, 0.3) is 0 Å². The van der Waals surface area contributed by atoms with Gasteiger partial charge in [0.05, 0.1) is 20.3 Å². The van der Waals surface area contributed by atoms with Gasteiger partial charge in [-0.1, -0.05) is 12.1 Å². The van der Waals surface area contributed by atoms with Gasteiger partial charge in [-0.2, -0.15) is 5.10 Å². The van der Waals surface area contributed by atoms with Crippen molar-refractivity contribution in [2.75, 3.05) is 27.4 Å². The van der Waals surface area contributed by atoms with Crippen molar-refractivity contribution in [3.05, 3.63) is 41.0 Å². The van der Waals surface area contributed by atoms with Crippen molar-refractivity contribution in [2.45, 2.75) is 6.73 Å². The van der Waals surface area contributed by atoms with Crippen LogP contribution < -0.4 is 4.74 Å². The Hall–Kier alpha value is -1.96. The standard InChI is InChI=1S/C17H18BrN3O3/c1-22-7-8-24-11-21-17-14(9-12(18)10-19-17)16(20-21)13-5-3-4-6-15(13)23-2/h3-6,9-10H,7-8,11H2,1-2H3. The van der Waals surface area contributed by atoms with Crippen LogP contribution in [0.5, 0.6) is 5.75 Å². The van der Waals surface area contributed by atoms with E-state index in [1.54, 1.807) is 25.1 Å². The summed E-state index contributed by atoms with van der Waals surface area (Å²) in [5.74, 6) is 0.768. The number of rotatable bonds is 7. The molecule has 0 aliphatic rings. The van der Waals surface area contributed by atoms with Crippen LogP contribution in [0.1, 0.15) is 0 Å². The number of hydrogen-bond acceptors (Lipinski definition) is 5. The lowest BCUT2D eigenvalue weighted by molar-refractivity contribution is 0.0307. The topological polar surface area (TPSA) is 58.4 Å². The van der Waals surface area contributed by atoms with Crippen molar-refractivity contribution in [1.82, 2.24) is 14.8 Å². The minimum absolute atomic E-state index is 0.309. The van der Waals surface area contributed by atoms with Crippen LogP contribution in [0.4, 0.5) is 0 Å². The molecule has 0 unspecified atom stereocenters. The Morgan fingerprint density at radius 3 is 2.79 bits per heavy atom. The third kappa shape index (κ3) is 3.43. The Balaban J connectivity index is 2.05.